The fourth-order valence-electron chi connectivity index (χ4n) is 3.87. The van der Waals surface area contributed by atoms with Crippen LogP contribution in [0.25, 0.3) is 0 Å². The summed E-state index contributed by atoms with van der Waals surface area (Å²) in [5.74, 6) is -0.0889. The van der Waals surface area contributed by atoms with Crippen LogP contribution in [0, 0.1) is 0 Å². The van der Waals surface area contributed by atoms with Crippen molar-refractivity contribution in [3.8, 4) is 0 Å². The van der Waals surface area contributed by atoms with Gasteiger partial charge >= 0.3 is 5.97 Å². The Morgan fingerprint density at radius 2 is 1.86 bits per heavy atom. The third-order valence-corrected chi connectivity index (χ3v) is 6.82. The third kappa shape index (κ3) is 3.05. The lowest BCUT2D eigenvalue weighted by atomic mass is 10.0. The largest absolute Gasteiger partial charge is 0.465 e. The highest BCUT2D eigenvalue weighted by atomic mass is 32.2. The number of amides is 2. The number of methoxy groups -OCH3 is 1. The summed E-state index contributed by atoms with van der Waals surface area (Å²) in [5.41, 5.74) is 2.05. The molecule has 2 aliphatic rings. The molecule has 7 heteroatoms. The Morgan fingerprint density at radius 1 is 1.14 bits per heavy atom. The highest BCUT2D eigenvalue weighted by Gasteiger charge is 2.56. The maximum atomic E-state index is 12.9. The Labute approximate surface area is 167 Å². The van der Waals surface area contributed by atoms with Gasteiger partial charge in [-0.25, -0.2) is 4.79 Å². The van der Waals surface area contributed by atoms with E-state index in [0.717, 1.165) is 5.56 Å². The van der Waals surface area contributed by atoms with Crippen LogP contribution in [0.4, 0.5) is 5.69 Å². The third-order valence-electron chi connectivity index (χ3n) is 5.23. The summed E-state index contributed by atoms with van der Waals surface area (Å²) in [6.07, 6.45) is 1.15. The van der Waals surface area contributed by atoms with Crippen molar-refractivity contribution in [2.75, 3.05) is 18.2 Å². The van der Waals surface area contributed by atoms with E-state index >= 15 is 0 Å². The molecule has 2 heterocycles. The first-order valence-electron chi connectivity index (χ1n) is 9.06. The minimum absolute atomic E-state index is 0.00930. The first-order valence-corrected chi connectivity index (χ1v) is 10.0. The molecular formula is C21H20N2O4S. The number of hydrogen-bond acceptors (Lipinski definition) is 5. The fraction of sp³-hybridized carbons (Fsp3) is 0.286. The Kier molecular flexibility index (Phi) is 4.85. The zero-order valence-corrected chi connectivity index (χ0v) is 16.2. The van der Waals surface area contributed by atoms with Gasteiger partial charge in [-0.05, 0) is 36.2 Å². The molecule has 0 spiro atoms. The van der Waals surface area contributed by atoms with Crippen LogP contribution in [-0.2, 0) is 19.2 Å². The van der Waals surface area contributed by atoms with E-state index in [9.17, 15) is 14.4 Å². The van der Waals surface area contributed by atoms with Crippen LogP contribution in [-0.4, -0.2) is 41.6 Å². The summed E-state index contributed by atoms with van der Waals surface area (Å²) in [7, 11) is 1.32. The number of rotatable bonds is 4. The van der Waals surface area contributed by atoms with E-state index in [-0.39, 0.29) is 11.8 Å². The number of nitrogens with zero attached hydrogens (tertiary/aromatic N) is 1. The lowest BCUT2D eigenvalue weighted by Crippen LogP contribution is -2.48. The molecule has 2 aliphatic heterocycles. The summed E-state index contributed by atoms with van der Waals surface area (Å²) in [6.45, 7) is 0. The van der Waals surface area contributed by atoms with E-state index in [2.05, 4.69) is 10.1 Å². The molecule has 0 bridgehead atoms. The van der Waals surface area contributed by atoms with Crippen molar-refractivity contribution < 1.29 is 19.1 Å². The lowest BCUT2D eigenvalue weighted by molar-refractivity contribution is -0.136. The van der Waals surface area contributed by atoms with E-state index in [0.29, 0.717) is 29.8 Å². The number of esters is 1. The zero-order chi connectivity index (χ0) is 19.7. The number of ether oxygens (including phenoxy) is 1. The summed E-state index contributed by atoms with van der Waals surface area (Å²) in [5, 5.41) is 2.87. The molecule has 28 heavy (non-hydrogen) atoms. The van der Waals surface area contributed by atoms with Gasteiger partial charge in [0.2, 0.25) is 11.8 Å². The molecule has 2 aromatic rings. The molecule has 4 rings (SSSR count). The van der Waals surface area contributed by atoms with Crippen LogP contribution in [0.1, 0.15) is 28.8 Å². The minimum atomic E-state index is -0.527. The maximum Gasteiger partial charge on any atom is 0.337 e. The van der Waals surface area contributed by atoms with E-state index in [1.54, 1.807) is 40.9 Å². The standard InChI is InChI=1S/C21H20N2O4S/c1-27-20(26)14-7-9-16(10-8-14)22-19(25)17-13-28-21(12-11-18(24)23(17)21)15-5-3-2-4-6-15/h2-10,17H,11-13H2,1H3,(H,22,25)/t17-,21-/m0/s1. The van der Waals surface area contributed by atoms with Gasteiger partial charge in [-0.2, -0.15) is 0 Å². The van der Waals surface area contributed by atoms with Crippen LogP contribution < -0.4 is 5.32 Å². The average Bonchev–Trinajstić information content (AvgIpc) is 3.28. The van der Waals surface area contributed by atoms with Gasteiger partial charge in [0.1, 0.15) is 10.9 Å². The quantitative estimate of drug-likeness (QED) is 0.804. The van der Waals surface area contributed by atoms with Crippen molar-refractivity contribution in [3.63, 3.8) is 0 Å². The normalized spacial score (nSPS) is 23.4. The van der Waals surface area contributed by atoms with Crippen LogP contribution in [0.3, 0.4) is 0 Å². The van der Waals surface area contributed by atoms with E-state index in [4.69, 9.17) is 0 Å². The highest BCUT2D eigenvalue weighted by Crippen LogP contribution is 2.54. The smallest absolute Gasteiger partial charge is 0.337 e. The Hall–Kier alpha value is -2.80. The van der Waals surface area contributed by atoms with Crippen LogP contribution in [0.15, 0.2) is 54.6 Å². The molecular weight excluding hydrogens is 376 g/mol. The molecule has 2 amide bonds. The van der Waals surface area contributed by atoms with Gasteiger partial charge in [0.15, 0.2) is 0 Å². The number of nitrogens with one attached hydrogen (secondary N) is 1. The first kappa shape index (κ1) is 18.6. The predicted molar refractivity (Wildman–Crippen MR) is 107 cm³/mol. The van der Waals surface area contributed by atoms with Crippen molar-refractivity contribution in [1.82, 2.24) is 4.90 Å². The van der Waals surface area contributed by atoms with Crippen molar-refractivity contribution in [2.24, 2.45) is 0 Å². The van der Waals surface area contributed by atoms with Gasteiger partial charge in [-0.3, -0.25) is 9.59 Å². The Balaban J connectivity index is 1.54. The first-order chi connectivity index (χ1) is 13.5. The van der Waals surface area contributed by atoms with Gasteiger partial charge in [-0.1, -0.05) is 30.3 Å². The van der Waals surface area contributed by atoms with Crippen molar-refractivity contribution in [3.05, 3.63) is 65.7 Å². The molecule has 144 valence electrons. The van der Waals surface area contributed by atoms with E-state index in [1.807, 2.05) is 30.3 Å². The molecule has 2 saturated heterocycles. The Bertz CT molecular complexity index is 916. The summed E-state index contributed by atoms with van der Waals surface area (Å²) in [4.78, 5) is 38.4. The maximum absolute atomic E-state index is 12.9. The molecule has 2 atom stereocenters. The Morgan fingerprint density at radius 3 is 2.54 bits per heavy atom. The van der Waals surface area contributed by atoms with Crippen molar-refractivity contribution in [2.45, 2.75) is 23.8 Å². The number of hydrogen-bond donors (Lipinski definition) is 1. The molecule has 2 fully saturated rings. The summed E-state index contributed by atoms with van der Waals surface area (Å²) < 4.78 is 4.68. The van der Waals surface area contributed by atoms with Crippen LogP contribution in [0.2, 0.25) is 0 Å². The zero-order valence-electron chi connectivity index (χ0n) is 15.4. The number of thioether (sulfide) groups is 1. The minimum Gasteiger partial charge on any atom is -0.465 e. The average molecular weight is 396 g/mol. The number of fused-ring (bicyclic) bond motifs is 1. The molecule has 0 unspecified atom stereocenters. The van der Waals surface area contributed by atoms with Crippen molar-refractivity contribution >= 4 is 35.2 Å². The number of anilines is 1. The second-order valence-electron chi connectivity index (χ2n) is 6.80. The van der Waals surface area contributed by atoms with E-state index in [1.165, 1.54) is 7.11 Å². The van der Waals surface area contributed by atoms with E-state index < -0.39 is 16.9 Å². The van der Waals surface area contributed by atoms with Gasteiger partial charge in [0, 0.05) is 17.9 Å². The monoisotopic (exact) mass is 396 g/mol. The second kappa shape index (κ2) is 7.31. The number of benzene rings is 2. The molecule has 0 aromatic heterocycles. The highest BCUT2D eigenvalue weighted by molar-refractivity contribution is 8.00. The molecule has 0 aliphatic carbocycles. The summed E-state index contributed by atoms with van der Waals surface area (Å²) >= 11 is 1.66. The predicted octanol–water partition coefficient (Wildman–Crippen LogP) is 3.00. The van der Waals surface area contributed by atoms with Gasteiger partial charge in [0.05, 0.1) is 12.7 Å². The molecule has 1 N–H and O–H groups in total. The second-order valence-corrected chi connectivity index (χ2v) is 8.10. The van der Waals surface area contributed by atoms with Crippen molar-refractivity contribution in [1.29, 1.82) is 0 Å². The number of carbonyl (C=O) groups excluding carboxylic acids is 3. The van der Waals surface area contributed by atoms with Crippen LogP contribution >= 0.6 is 11.8 Å². The van der Waals surface area contributed by atoms with Crippen LogP contribution in [0.5, 0.6) is 0 Å². The fourth-order valence-corrected chi connectivity index (χ4v) is 5.52. The van der Waals surface area contributed by atoms with Gasteiger partial charge in [-0.15, -0.1) is 11.8 Å². The molecule has 0 radical (unpaired) electrons. The SMILES string of the molecule is COC(=O)c1ccc(NC(=O)[C@@H]2CS[C@]3(c4ccccc4)CCC(=O)N23)cc1. The van der Waals surface area contributed by atoms with Gasteiger partial charge in [0.25, 0.3) is 0 Å². The van der Waals surface area contributed by atoms with Gasteiger partial charge < -0.3 is 15.0 Å². The number of carbonyl (C=O) groups is 3. The summed E-state index contributed by atoms with van der Waals surface area (Å²) in [6, 6.07) is 15.9. The molecule has 0 saturated carbocycles. The lowest BCUT2D eigenvalue weighted by Gasteiger charge is -2.34. The molecule has 6 nitrogen and oxygen atoms in total. The molecule has 2 aromatic carbocycles. The topological polar surface area (TPSA) is 75.7 Å².